The predicted molar refractivity (Wildman–Crippen MR) is 311 cm³/mol. The van der Waals surface area contributed by atoms with E-state index in [2.05, 4.69) is 48.5 Å². The Morgan fingerprint density at radius 1 is 0.404 bits per heavy atom. The molecule has 0 radical (unpaired) electrons. The molecule has 0 amide bonds. The molecular weight excluding hydrogens is 1250 g/mol. The van der Waals surface area contributed by atoms with Crippen LogP contribution in [0.1, 0.15) is 113 Å². The van der Waals surface area contributed by atoms with E-state index in [1.165, 1.54) is 0 Å². The lowest BCUT2D eigenvalue weighted by molar-refractivity contribution is -0.412. The first-order chi connectivity index (χ1) is 44.2. The molecule has 31 nitrogen and oxygen atoms in total. The highest BCUT2D eigenvalue weighted by atomic mass is 16.8. The molecule has 18 N–H and O–H groups in total. The number of fused-ring (bicyclic) bond motifs is 4. The topological polar surface area (TPSA) is 484 Å². The second-order valence-corrected chi connectivity index (χ2v) is 31.5. The van der Waals surface area contributed by atoms with Gasteiger partial charge in [-0.25, -0.2) is 0 Å². The molecule has 7 heterocycles. The second-order valence-electron chi connectivity index (χ2n) is 31.5. The standard InChI is InChI=1S/C63H104O31/c1-57(2)14-15-62-23-84-63(31(62)16-57)13-9-30-59(5)11-10-33(58(3,4)29(59)8-12-60(30,6)61(63,7)17-32(62)68)89-55-48(92-53-43(78)39(74)35(70)26(19-65)86-53)37(72)28(22-83-55)88-56-49(47(36(71)27(20-66)87-56)91-54-44(79)40(75)41(76)50(81)94-54)93-51-45(80)46(24(67)21-82-51)90-52-42(77)38(73)34(69)25(18-64)85-52/h24-56,64-81H,8-23H2,1-7H3. The van der Waals surface area contributed by atoms with Crippen LogP contribution in [0.25, 0.3) is 0 Å². The van der Waals surface area contributed by atoms with E-state index in [0.29, 0.717) is 19.4 Å². The van der Waals surface area contributed by atoms with Crippen LogP contribution in [0.2, 0.25) is 0 Å². The van der Waals surface area contributed by atoms with Crippen LogP contribution in [-0.2, 0) is 61.6 Å². The van der Waals surface area contributed by atoms with Gasteiger partial charge in [-0.3, -0.25) is 0 Å². The Labute approximate surface area is 544 Å². The van der Waals surface area contributed by atoms with Gasteiger partial charge >= 0.3 is 0 Å². The highest BCUT2D eigenvalue weighted by Gasteiger charge is 2.80. The van der Waals surface area contributed by atoms with Crippen LogP contribution in [0, 0.1) is 50.2 Å². The number of aliphatic hydroxyl groups is 18. The fourth-order valence-electron chi connectivity index (χ4n) is 20.2. The fraction of sp³-hybridized carbons (Fsp3) is 1.00. The van der Waals surface area contributed by atoms with Crippen molar-refractivity contribution in [1.82, 2.24) is 0 Å². The van der Waals surface area contributed by atoms with Gasteiger partial charge in [-0.1, -0.05) is 48.5 Å². The molecule has 0 aromatic carbocycles. The molecule has 12 rings (SSSR count). The fourth-order valence-corrected chi connectivity index (χ4v) is 20.2. The molecule has 2 bridgehead atoms. The molecule has 7 saturated heterocycles. The van der Waals surface area contributed by atoms with Crippen molar-refractivity contribution in [2.24, 2.45) is 50.2 Å². The SMILES string of the molecule is CC1(C)CCC23COC4(CCC5C6(C)CCC(OC7OCC(OC8OC(CO)C(O)C(OC9OC(O)C(O)C(O)C9O)C8OC8OCC(O)C(OC9OC(CO)C(O)C(O)C9O)C8O)C(O)C7OC7OC(CO)C(O)C(O)C7O)C(C)(C)C6CCC5(C)C4(C)CC2O)C3C1. The van der Waals surface area contributed by atoms with Crippen LogP contribution in [0.4, 0.5) is 0 Å². The first-order valence-electron chi connectivity index (χ1n) is 33.6. The van der Waals surface area contributed by atoms with Gasteiger partial charge in [0.1, 0.15) is 128 Å². The molecule has 7 aliphatic heterocycles. The predicted octanol–water partition coefficient (Wildman–Crippen LogP) is -5.47. The third kappa shape index (κ3) is 11.6. The highest BCUT2D eigenvalue weighted by Crippen LogP contribution is 2.80. The number of ether oxygens (including phenoxy) is 13. The summed E-state index contributed by atoms with van der Waals surface area (Å²) in [7, 11) is 0. The molecule has 5 saturated carbocycles. The zero-order chi connectivity index (χ0) is 68.1. The summed E-state index contributed by atoms with van der Waals surface area (Å²) in [4.78, 5) is 0. The van der Waals surface area contributed by atoms with Gasteiger partial charge in [0, 0.05) is 10.8 Å². The molecule has 12 fully saturated rings. The summed E-state index contributed by atoms with van der Waals surface area (Å²) in [5.41, 5.74) is -1.86. The Bertz CT molecular complexity index is 2590. The first-order valence-corrected chi connectivity index (χ1v) is 33.6. The first kappa shape index (κ1) is 72.5. The minimum atomic E-state index is -2.19. The zero-order valence-electron chi connectivity index (χ0n) is 54.2. The molecule has 12 aliphatic rings. The number of hydrogen-bond donors (Lipinski definition) is 18. The summed E-state index contributed by atoms with van der Waals surface area (Å²) in [5, 5.41) is 199. The van der Waals surface area contributed by atoms with Crippen molar-refractivity contribution in [1.29, 1.82) is 0 Å². The molecule has 31 heteroatoms. The van der Waals surface area contributed by atoms with Gasteiger partial charge in [0.05, 0.1) is 57.5 Å². The van der Waals surface area contributed by atoms with Gasteiger partial charge in [-0.15, -0.1) is 0 Å². The summed E-state index contributed by atoms with van der Waals surface area (Å²) >= 11 is 0. The smallest absolute Gasteiger partial charge is 0.189 e. The van der Waals surface area contributed by atoms with E-state index in [1.54, 1.807) is 0 Å². The summed E-state index contributed by atoms with van der Waals surface area (Å²) in [6, 6.07) is 0. The molecule has 38 unspecified atom stereocenters. The summed E-state index contributed by atoms with van der Waals surface area (Å²) in [5.74, 6) is 0.553. The van der Waals surface area contributed by atoms with Gasteiger partial charge in [0.25, 0.3) is 0 Å². The second kappa shape index (κ2) is 26.5. The van der Waals surface area contributed by atoms with Gasteiger partial charge in [-0.2, -0.15) is 0 Å². The maximum absolute atomic E-state index is 12.8. The Balaban J connectivity index is 0.823. The zero-order valence-corrected chi connectivity index (χ0v) is 54.2. The van der Waals surface area contributed by atoms with Gasteiger partial charge < -0.3 is 153 Å². The normalized spacial score (nSPS) is 57.2. The van der Waals surface area contributed by atoms with Crippen molar-refractivity contribution in [2.75, 3.05) is 39.6 Å². The van der Waals surface area contributed by atoms with Crippen molar-refractivity contribution < 1.29 is 153 Å². The average molecular weight is 1360 g/mol. The molecule has 94 heavy (non-hydrogen) atoms. The van der Waals surface area contributed by atoms with Gasteiger partial charge in [0.2, 0.25) is 0 Å². The third-order valence-electron chi connectivity index (χ3n) is 25.8. The maximum atomic E-state index is 12.8. The van der Waals surface area contributed by atoms with E-state index >= 15 is 0 Å². The molecule has 0 aromatic rings. The van der Waals surface area contributed by atoms with Crippen LogP contribution >= 0.6 is 0 Å². The summed E-state index contributed by atoms with van der Waals surface area (Å²) in [6.07, 6.45) is -46.1. The van der Waals surface area contributed by atoms with Crippen LogP contribution in [0.3, 0.4) is 0 Å². The molecule has 38 atom stereocenters. The van der Waals surface area contributed by atoms with Crippen LogP contribution in [-0.4, -0.2) is 322 Å². The quantitative estimate of drug-likeness (QED) is 0.0680. The van der Waals surface area contributed by atoms with Gasteiger partial charge in [-0.05, 0) is 104 Å². The Kier molecular flexibility index (Phi) is 20.5. The van der Waals surface area contributed by atoms with E-state index in [0.717, 1.165) is 51.4 Å². The minimum Gasteiger partial charge on any atom is -0.394 e. The lowest BCUT2D eigenvalue weighted by atomic mass is 9.30. The summed E-state index contributed by atoms with van der Waals surface area (Å²) in [6.45, 7) is 12.8. The number of aliphatic hydroxyl groups excluding tert-OH is 18. The lowest BCUT2D eigenvalue weighted by Gasteiger charge is -2.75. The van der Waals surface area contributed by atoms with Crippen LogP contribution in [0.15, 0.2) is 0 Å². The summed E-state index contributed by atoms with van der Waals surface area (Å²) < 4.78 is 80.3. The average Bonchev–Trinajstić information content (AvgIpc) is 1.31. The van der Waals surface area contributed by atoms with E-state index in [4.69, 9.17) is 61.6 Å². The number of rotatable bonds is 15. The van der Waals surface area contributed by atoms with Crippen molar-refractivity contribution in [3.63, 3.8) is 0 Å². The lowest BCUT2D eigenvalue weighted by Crippen LogP contribution is -2.74. The third-order valence-corrected chi connectivity index (χ3v) is 25.8. The Morgan fingerprint density at radius 3 is 1.57 bits per heavy atom. The van der Waals surface area contributed by atoms with Crippen LogP contribution < -0.4 is 0 Å². The van der Waals surface area contributed by atoms with E-state index < -0.39 is 223 Å². The van der Waals surface area contributed by atoms with Crippen LogP contribution in [0.5, 0.6) is 0 Å². The molecule has 0 aromatic heterocycles. The van der Waals surface area contributed by atoms with Crippen molar-refractivity contribution >= 4 is 0 Å². The van der Waals surface area contributed by atoms with E-state index in [9.17, 15) is 91.9 Å². The van der Waals surface area contributed by atoms with Gasteiger partial charge in [0.15, 0.2) is 44.0 Å². The van der Waals surface area contributed by atoms with E-state index in [-0.39, 0.29) is 50.4 Å². The maximum Gasteiger partial charge on any atom is 0.189 e. The van der Waals surface area contributed by atoms with Crippen molar-refractivity contribution in [2.45, 2.75) is 303 Å². The highest BCUT2D eigenvalue weighted by molar-refractivity contribution is 5.28. The number of hydrogen-bond acceptors (Lipinski definition) is 31. The Hall–Kier alpha value is -1.24. The minimum absolute atomic E-state index is 0.0705. The van der Waals surface area contributed by atoms with Crippen molar-refractivity contribution in [3.8, 4) is 0 Å². The Morgan fingerprint density at radius 2 is 0.947 bits per heavy atom. The molecular formula is C63H104O31. The van der Waals surface area contributed by atoms with E-state index in [1.807, 2.05) is 0 Å². The molecule has 1 spiro atoms. The largest absolute Gasteiger partial charge is 0.394 e. The molecule has 542 valence electrons. The molecule has 5 aliphatic carbocycles. The van der Waals surface area contributed by atoms with Crippen molar-refractivity contribution in [3.05, 3.63) is 0 Å². The monoisotopic (exact) mass is 1360 g/mol.